The zero-order valence-corrected chi connectivity index (χ0v) is 20.7. The number of allylic oxidation sites excluding steroid dienone is 1. The lowest BCUT2D eigenvalue weighted by Crippen LogP contribution is -2.26. The molecule has 3 rings (SSSR count). The van der Waals surface area contributed by atoms with Crippen molar-refractivity contribution in [3.63, 3.8) is 0 Å². The van der Waals surface area contributed by atoms with Crippen LogP contribution in [0.5, 0.6) is 5.75 Å². The van der Waals surface area contributed by atoms with E-state index in [0.717, 1.165) is 57.1 Å². The van der Waals surface area contributed by atoms with E-state index in [1.54, 1.807) is 0 Å². The molecule has 1 fully saturated rings. The van der Waals surface area contributed by atoms with Gasteiger partial charge in [0.15, 0.2) is 0 Å². The third kappa shape index (κ3) is 6.97. The highest BCUT2D eigenvalue weighted by Crippen LogP contribution is 2.46. The predicted octanol–water partition coefficient (Wildman–Crippen LogP) is 9.23. The van der Waals surface area contributed by atoms with Crippen molar-refractivity contribution in [2.75, 3.05) is 0 Å². The number of benzene rings is 2. The van der Waals surface area contributed by atoms with Crippen molar-refractivity contribution in [2.24, 2.45) is 5.41 Å². The lowest BCUT2D eigenvalue weighted by molar-refractivity contribution is 0.176. The van der Waals surface area contributed by atoms with Gasteiger partial charge in [0.2, 0.25) is 0 Å². The molecule has 0 radical (unpaired) electrons. The van der Waals surface area contributed by atoms with Crippen LogP contribution in [0.3, 0.4) is 0 Å². The standard InChI is InChI=1S/C31H41NO/c1-4-7-12-29(10-6-3)33-30-19-17-26(18-20-30)25-13-15-27(16-14-25)28-11-9-22-31(23-28,24-32)21-8-5-2/h5,13-20,28-29H,2,4,6-12,21-23H2,1,3H3. The quantitative estimate of drug-likeness (QED) is 0.306. The third-order valence-corrected chi connectivity index (χ3v) is 7.27. The largest absolute Gasteiger partial charge is 0.490 e. The molecular formula is C31H41NO. The normalized spacial score (nSPS) is 21.2. The number of hydrogen-bond donors (Lipinski definition) is 0. The van der Waals surface area contributed by atoms with Crippen LogP contribution in [0, 0.1) is 16.7 Å². The van der Waals surface area contributed by atoms with Crippen molar-refractivity contribution in [1.82, 2.24) is 0 Å². The molecule has 2 aromatic rings. The molecule has 0 aliphatic heterocycles. The molecule has 0 heterocycles. The molecule has 3 unspecified atom stereocenters. The summed E-state index contributed by atoms with van der Waals surface area (Å²) in [4.78, 5) is 0. The van der Waals surface area contributed by atoms with E-state index in [0.29, 0.717) is 12.0 Å². The van der Waals surface area contributed by atoms with E-state index in [-0.39, 0.29) is 5.41 Å². The van der Waals surface area contributed by atoms with E-state index in [4.69, 9.17) is 4.74 Å². The molecule has 3 atom stereocenters. The summed E-state index contributed by atoms with van der Waals surface area (Å²) in [5.74, 6) is 1.45. The number of hydrogen-bond acceptors (Lipinski definition) is 2. The number of nitriles is 1. The van der Waals surface area contributed by atoms with Crippen LogP contribution in [0.1, 0.15) is 96.0 Å². The second-order valence-electron chi connectivity index (χ2n) is 9.83. The van der Waals surface area contributed by atoms with Crippen LogP contribution in [-0.2, 0) is 0 Å². The molecular weight excluding hydrogens is 402 g/mol. The molecule has 33 heavy (non-hydrogen) atoms. The minimum atomic E-state index is -0.182. The highest BCUT2D eigenvalue weighted by molar-refractivity contribution is 5.64. The van der Waals surface area contributed by atoms with Crippen molar-refractivity contribution in [1.29, 1.82) is 5.26 Å². The second-order valence-corrected chi connectivity index (χ2v) is 9.83. The first-order valence-corrected chi connectivity index (χ1v) is 13.0. The number of unbranched alkanes of at least 4 members (excludes halogenated alkanes) is 1. The van der Waals surface area contributed by atoms with Crippen molar-refractivity contribution in [3.8, 4) is 22.9 Å². The highest BCUT2D eigenvalue weighted by atomic mass is 16.5. The highest BCUT2D eigenvalue weighted by Gasteiger charge is 2.36. The maximum atomic E-state index is 9.88. The third-order valence-electron chi connectivity index (χ3n) is 7.27. The summed E-state index contributed by atoms with van der Waals surface area (Å²) in [6.07, 6.45) is 14.3. The smallest absolute Gasteiger partial charge is 0.119 e. The van der Waals surface area contributed by atoms with Crippen molar-refractivity contribution in [2.45, 2.75) is 96.5 Å². The fourth-order valence-electron chi connectivity index (χ4n) is 5.29. The van der Waals surface area contributed by atoms with Crippen molar-refractivity contribution < 1.29 is 4.74 Å². The summed E-state index contributed by atoms with van der Waals surface area (Å²) in [7, 11) is 0. The second kappa shape index (κ2) is 12.6. The molecule has 0 N–H and O–H groups in total. The minimum absolute atomic E-state index is 0.182. The fourth-order valence-corrected chi connectivity index (χ4v) is 5.29. The number of ether oxygens (including phenoxy) is 1. The molecule has 1 aliphatic rings. The Morgan fingerprint density at radius 3 is 2.36 bits per heavy atom. The topological polar surface area (TPSA) is 33.0 Å². The van der Waals surface area contributed by atoms with E-state index in [1.165, 1.54) is 36.0 Å². The Bertz CT molecular complexity index is 892. The maximum Gasteiger partial charge on any atom is 0.119 e. The molecule has 176 valence electrons. The SMILES string of the molecule is C=CCCC1(C#N)CCCC(c2ccc(-c3ccc(OC(CCC)CCCC)cc3)cc2)C1. The van der Waals surface area contributed by atoms with E-state index < -0.39 is 0 Å². The molecule has 0 bridgehead atoms. The first-order valence-electron chi connectivity index (χ1n) is 13.0. The Balaban J connectivity index is 1.65. The van der Waals surface area contributed by atoms with Gasteiger partial charge in [-0.15, -0.1) is 6.58 Å². The average Bonchev–Trinajstić information content (AvgIpc) is 2.87. The van der Waals surface area contributed by atoms with E-state index in [1.807, 2.05) is 6.08 Å². The molecule has 0 saturated heterocycles. The summed E-state index contributed by atoms with van der Waals surface area (Å²) in [5.41, 5.74) is 3.64. The molecule has 2 nitrogen and oxygen atoms in total. The summed E-state index contributed by atoms with van der Waals surface area (Å²) in [5, 5.41) is 9.88. The van der Waals surface area contributed by atoms with Crippen LogP contribution in [0.25, 0.3) is 11.1 Å². The molecule has 0 aromatic heterocycles. The van der Waals surface area contributed by atoms with Crippen LogP contribution in [0.4, 0.5) is 0 Å². The van der Waals surface area contributed by atoms with Gasteiger partial charge in [0.05, 0.1) is 17.6 Å². The van der Waals surface area contributed by atoms with Gasteiger partial charge in [0.25, 0.3) is 0 Å². The van der Waals surface area contributed by atoms with Crippen LogP contribution >= 0.6 is 0 Å². The Labute approximate surface area is 201 Å². The predicted molar refractivity (Wildman–Crippen MR) is 139 cm³/mol. The van der Waals surface area contributed by atoms with Gasteiger partial charge >= 0.3 is 0 Å². The Hall–Kier alpha value is -2.53. The monoisotopic (exact) mass is 443 g/mol. The van der Waals surface area contributed by atoms with Crippen LogP contribution < -0.4 is 4.74 Å². The lowest BCUT2D eigenvalue weighted by Gasteiger charge is -2.36. The van der Waals surface area contributed by atoms with Crippen LogP contribution in [-0.4, -0.2) is 6.10 Å². The Morgan fingerprint density at radius 1 is 1.06 bits per heavy atom. The Kier molecular flexibility index (Phi) is 9.61. The summed E-state index contributed by atoms with van der Waals surface area (Å²) in [6.45, 7) is 8.31. The van der Waals surface area contributed by atoms with Crippen LogP contribution in [0.15, 0.2) is 61.2 Å². The zero-order chi connectivity index (χ0) is 23.5. The number of nitrogens with zero attached hydrogens (tertiary/aromatic N) is 1. The maximum absolute atomic E-state index is 9.88. The first kappa shape index (κ1) is 25.1. The molecule has 1 saturated carbocycles. The fraction of sp³-hybridized carbons (Fsp3) is 0.516. The van der Waals surface area contributed by atoms with Crippen molar-refractivity contribution in [3.05, 3.63) is 66.7 Å². The average molecular weight is 444 g/mol. The van der Waals surface area contributed by atoms with E-state index in [2.05, 4.69) is 75.0 Å². The minimum Gasteiger partial charge on any atom is -0.490 e. The lowest BCUT2D eigenvalue weighted by atomic mass is 9.66. The van der Waals surface area contributed by atoms with Gasteiger partial charge in [0, 0.05) is 0 Å². The molecule has 0 amide bonds. The van der Waals surface area contributed by atoms with Gasteiger partial charge in [-0.25, -0.2) is 0 Å². The zero-order valence-electron chi connectivity index (χ0n) is 20.7. The first-order chi connectivity index (χ1) is 16.1. The molecule has 2 heteroatoms. The van der Waals surface area contributed by atoms with Gasteiger partial charge in [-0.05, 0) is 79.7 Å². The summed E-state index contributed by atoms with van der Waals surface area (Å²) < 4.78 is 6.27. The van der Waals surface area contributed by atoms with Crippen LogP contribution in [0.2, 0.25) is 0 Å². The van der Waals surface area contributed by atoms with E-state index >= 15 is 0 Å². The van der Waals surface area contributed by atoms with Crippen molar-refractivity contribution >= 4 is 0 Å². The van der Waals surface area contributed by atoms with Gasteiger partial charge in [-0.3, -0.25) is 0 Å². The summed E-state index contributed by atoms with van der Waals surface area (Å²) >= 11 is 0. The summed E-state index contributed by atoms with van der Waals surface area (Å²) in [6, 6.07) is 20.2. The molecule has 1 aliphatic carbocycles. The molecule has 2 aromatic carbocycles. The number of rotatable bonds is 12. The van der Waals surface area contributed by atoms with Gasteiger partial charge < -0.3 is 4.74 Å². The van der Waals surface area contributed by atoms with Gasteiger partial charge in [-0.1, -0.05) is 82.0 Å². The molecule has 0 spiro atoms. The van der Waals surface area contributed by atoms with E-state index in [9.17, 15) is 5.26 Å². The van der Waals surface area contributed by atoms with Gasteiger partial charge in [-0.2, -0.15) is 5.26 Å². The Morgan fingerprint density at radius 2 is 1.76 bits per heavy atom. The van der Waals surface area contributed by atoms with Gasteiger partial charge in [0.1, 0.15) is 5.75 Å².